The molecule has 0 aromatic heterocycles. The Labute approximate surface area is 119 Å². The Morgan fingerprint density at radius 1 is 1.29 bits per heavy atom. The smallest absolute Gasteiger partial charge is 0.411 e. The molecule has 0 saturated heterocycles. The van der Waals surface area contributed by atoms with Crippen LogP contribution in [0.5, 0.6) is 11.5 Å². The molecule has 1 heterocycles. The summed E-state index contributed by atoms with van der Waals surface area (Å²) in [5.41, 5.74) is 0.927. The number of amides is 1. The SMILES string of the molecule is O=C(COCC(F)(F)F)NCCc1ccc2c(c1)OCO2. The van der Waals surface area contributed by atoms with Gasteiger partial charge in [-0.3, -0.25) is 4.79 Å². The number of carbonyl (C=O) groups excluding carboxylic acids is 1. The van der Waals surface area contributed by atoms with Crippen LogP contribution in [0.3, 0.4) is 0 Å². The van der Waals surface area contributed by atoms with Gasteiger partial charge >= 0.3 is 6.18 Å². The van der Waals surface area contributed by atoms with E-state index in [0.717, 1.165) is 5.56 Å². The molecule has 0 bridgehead atoms. The molecular formula is C13H14F3NO4. The highest BCUT2D eigenvalue weighted by Gasteiger charge is 2.27. The molecule has 0 saturated carbocycles. The molecule has 21 heavy (non-hydrogen) atoms. The summed E-state index contributed by atoms with van der Waals surface area (Å²) in [4.78, 5) is 11.3. The number of benzene rings is 1. The van der Waals surface area contributed by atoms with Gasteiger partial charge in [-0.1, -0.05) is 6.07 Å². The van der Waals surface area contributed by atoms with Crippen molar-refractivity contribution in [3.05, 3.63) is 23.8 Å². The van der Waals surface area contributed by atoms with Crippen molar-refractivity contribution in [2.24, 2.45) is 0 Å². The quantitative estimate of drug-likeness (QED) is 0.868. The van der Waals surface area contributed by atoms with Crippen LogP contribution < -0.4 is 14.8 Å². The van der Waals surface area contributed by atoms with Crippen LogP contribution >= 0.6 is 0 Å². The van der Waals surface area contributed by atoms with Crippen LogP contribution in [0.25, 0.3) is 0 Å². The van der Waals surface area contributed by atoms with Crippen molar-refractivity contribution < 1.29 is 32.2 Å². The molecule has 8 heteroatoms. The molecule has 1 N–H and O–H groups in total. The third-order valence-corrected chi connectivity index (χ3v) is 2.67. The average molecular weight is 305 g/mol. The van der Waals surface area contributed by atoms with Gasteiger partial charge in [0.1, 0.15) is 13.2 Å². The maximum absolute atomic E-state index is 11.8. The molecule has 1 aliphatic rings. The van der Waals surface area contributed by atoms with E-state index < -0.39 is 25.3 Å². The second kappa shape index (κ2) is 6.66. The second-order valence-electron chi connectivity index (χ2n) is 4.40. The van der Waals surface area contributed by atoms with Crippen LogP contribution in [0.2, 0.25) is 0 Å². The summed E-state index contributed by atoms with van der Waals surface area (Å²) in [5, 5.41) is 2.48. The van der Waals surface area contributed by atoms with Gasteiger partial charge in [0, 0.05) is 6.54 Å². The van der Waals surface area contributed by atoms with E-state index in [4.69, 9.17) is 9.47 Å². The molecule has 116 valence electrons. The minimum Gasteiger partial charge on any atom is -0.454 e. The van der Waals surface area contributed by atoms with Crippen LogP contribution in [0, 0.1) is 0 Å². The summed E-state index contributed by atoms with van der Waals surface area (Å²) in [6, 6.07) is 5.40. The first-order valence-corrected chi connectivity index (χ1v) is 6.24. The van der Waals surface area contributed by atoms with Gasteiger partial charge in [0.15, 0.2) is 11.5 Å². The molecule has 1 aromatic rings. The Morgan fingerprint density at radius 3 is 2.81 bits per heavy atom. The van der Waals surface area contributed by atoms with E-state index in [1.165, 1.54) is 0 Å². The molecule has 0 radical (unpaired) electrons. The largest absolute Gasteiger partial charge is 0.454 e. The van der Waals surface area contributed by atoms with Crippen molar-refractivity contribution >= 4 is 5.91 Å². The fourth-order valence-electron chi connectivity index (χ4n) is 1.75. The summed E-state index contributed by atoms with van der Waals surface area (Å²) < 4.78 is 50.1. The third-order valence-electron chi connectivity index (χ3n) is 2.67. The molecule has 5 nitrogen and oxygen atoms in total. The summed E-state index contributed by atoms with van der Waals surface area (Å²) in [5.74, 6) is 0.732. The molecule has 2 rings (SSSR count). The summed E-state index contributed by atoms with van der Waals surface area (Å²) in [7, 11) is 0. The van der Waals surface area contributed by atoms with E-state index in [2.05, 4.69) is 10.1 Å². The highest BCUT2D eigenvalue weighted by Crippen LogP contribution is 2.32. The third kappa shape index (κ3) is 5.14. The average Bonchev–Trinajstić information content (AvgIpc) is 2.84. The Hall–Kier alpha value is -1.96. The zero-order valence-electron chi connectivity index (χ0n) is 11.0. The lowest BCUT2D eigenvalue weighted by Crippen LogP contribution is -2.31. The molecule has 0 atom stereocenters. The lowest BCUT2D eigenvalue weighted by atomic mass is 10.1. The maximum atomic E-state index is 11.8. The fourth-order valence-corrected chi connectivity index (χ4v) is 1.75. The minimum atomic E-state index is -4.42. The Kier molecular flexibility index (Phi) is 4.89. The highest BCUT2D eigenvalue weighted by molar-refractivity contribution is 5.77. The molecular weight excluding hydrogens is 291 g/mol. The zero-order chi connectivity index (χ0) is 15.3. The maximum Gasteiger partial charge on any atom is 0.411 e. The molecule has 0 fully saturated rings. The number of rotatable bonds is 6. The van der Waals surface area contributed by atoms with E-state index >= 15 is 0 Å². The molecule has 0 spiro atoms. The van der Waals surface area contributed by atoms with Gasteiger partial charge in [-0.25, -0.2) is 0 Å². The van der Waals surface area contributed by atoms with E-state index in [1.54, 1.807) is 12.1 Å². The number of halogens is 3. The monoisotopic (exact) mass is 305 g/mol. The van der Waals surface area contributed by atoms with E-state index in [9.17, 15) is 18.0 Å². The van der Waals surface area contributed by atoms with Crippen molar-refractivity contribution in [1.29, 1.82) is 0 Å². The van der Waals surface area contributed by atoms with Gasteiger partial charge in [-0.05, 0) is 24.1 Å². The minimum absolute atomic E-state index is 0.187. The number of alkyl halides is 3. The molecule has 1 amide bonds. The van der Waals surface area contributed by atoms with Crippen LogP contribution in [-0.2, 0) is 16.0 Å². The first-order valence-electron chi connectivity index (χ1n) is 6.24. The lowest BCUT2D eigenvalue weighted by Gasteiger charge is -2.08. The number of hydrogen-bond acceptors (Lipinski definition) is 4. The van der Waals surface area contributed by atoms with Crippen LogP contribution in [0.1, 0.15) is 5.56 Å². The summed E-state index contributed by atoms with van der Waals surface area (Å²) >= 11 is 0. The Balaban J connectivity index is 1.66. The van der Waals surface area contributed by atoms with Gasteiger partial charge in [-0.2, -0.15) is 13.2 Å². The van der Waals surface area contributed by atoms with Crippen LogP contribution in [0.15, 0.2) is 18.2 Å². The van der Waals surface area contributed by atoms with Gasteiger partial charge in [0.25, 0.3) is 0 Å². The Morgan fingerprint density at radius 2 is 2.05 bits per heavy atom. The first-order chi connectivity index (χ1) is 9.94. The number of carbonyl (C=O) groups is 1. The van der Waals surface area contributed by atoms with Gasteiger partial charge in [0.05, 0.1) is 0 Å². The van der Waals surface area contributed by atoms with E-state index in [-0.39, 0.29) is 6.79 Å². The van der Waals surface area contributed by atoms with Gasteiger partial charge in [-0.15, -0.1) is 0 Å². The fraction of sp³-hybridized carbons (Fsp3) is 0.462. The number of fused-ring (bicyclic) bond motifs is 1. The predicted molar refractivity (Wildman–Crippen MR) is 66.2 cm³/mol. The van der Waals surface area contributed by atoms with Crippen molar-refractivity contribution in [2.45, 2.75) is 12.6 Å². The van der Waals surface area contributed by atoms with Crippen molar-refractivity contribution in [3.63, 3.8) is 0 Å². The number of nitrogens with one attached hydrogen (secondary N) is 1. The van der Waals surface area contributed by atoms with Gasteiger partial charge in [0.2, 0.25) is 12.7 Å². The first kappa shape index (κ1) is 15.4. The standard InChI is InChI=1S/C13H14F3NO4/c14-13(15,16)7-19-6-12(18)17-4-3-9-1-2-10-11(5-9)21-8-20-10/h1-2,5H,3-4,6-8H2,(H,17,18). The second-order valence-corrected chi connectivity index (χ2v) is 4.40. The molecule has 0 unspecified atom stereocenters. The zero-order valence-corrected chi connectivity index (χ0v) is 11.0. The van der Waals surface area contributed by atoms with Crippen molar-refractivity contribution in [3.8, 4) is 11.5 Å². The number of hydrogen-bond donors (Lipinski definition) is 1. The topological polar surface area (TPSA) is 56.8 Å². The molecule has 1 aromatic carbocycles. The van der Waals surface area contributed by atoms with Crippen molar-refractivity contribution in [2.75, 3.05) is 26.6 Å². The molecule has 1 aliphatic heterocycles. The van der Waals surface area contributed by atoms with E-state index in [0.29, 0.717) is 24.5 Å². The summed E-state index contributed by atoms with van der Waals surface area (Å²) in [6.45, 7) is -1.55. The molecule has 0 aliphatic carbocycles. The van der Waals surface area contributed by atoms with Crippen LogP contribution in [0.4, 0.5) is 13.2 Å². The van der Waals surface area contributed by atoms with Crippen LogP contribution in [-0.4, -0.2) is 38.6 Å². The predicted octanol–water partition coefficient (Wildman–Crippen LogP) is 1.65. The van der Waals surface area contributed by atoms with Gasteiger partial charge < -0.3 is 19.5 Å². The highest BCUT2D eigenvalue weighted by atomic mass is 19.4. The van der Waals surface area contributed by atoms with E-state index in [1.807, 2.05) is 6.07 Å². The Bertz CT molecular complexity index is 505. The lowest BCUT2D eigenvalue weighted by molar-refractivity contribution is -0.175. The van der Waals surface area contributed by atoms with Crippen molar-refractivity contribution in [1.82, 2.24) is 5.32 Å². The number of ether oxygens (including phenoxy) is 3. The summed E-state index contributed by atoms with van der Waals surface area (Å²) in [6.07, 6.45) is -3.89. The normalized spacial score (nSPS) is 13.3.